The summed E-state index contributed by atoms with van der Waals surface area (Å²) in [6.45, 7) is 5.40. The maximum atomic E-state index is 13.0. The first-order valence-corrected chi connectivity index (χ1v) is 8.95. The fourth-order valence-corrected chi connectivity index (χ4v) is 4.08. The standard InChI is InChI=1S/C20H29NO5/c1-6-9-11-16(22)15(10-7-2)19(4,26-5)20(13-8-3)17(23)12-14-21(20)18(24)25/h1,8,13,15H,7,9-12,14H2,2-5H3,(H,24,25)/b13-8-/t15-,19?,20+/m1/s1. The molecule has 0 aliphatic carbocycles. The van der Waals surface area contributed by atoms with E-state index in [-0.39, 0.29) is 31.0 Å². The van der Waals surface area contributed by atoms with Crippen LogP contribution in [-0.2, 0) is 14.3 Å². The molecule has 0 radical (unpaired) electrons. The van der Waals surface area contributed by atoms with Gasteiger partial charge in [0, 0.05) is 38.8 Å². The van der Waals surface area contributed by atoms with Crippen LogP contribution in [0.2, 0.25) is 0 Å². The zero-order valence-corrected chi connectivity index (χ0v) is 16.1. The highest BCUT2D eigenvalue weighted by molar-refractivity contribution is 5.99. The van der Waals surface area contributed by atoms with Gasteiger partial charge < -0.3 is 9.84 Å². The van der Waals surface area contributed by atoms with Crippen molar-refractivity contribution in [2.45, 2.75) is 64.0 Å². The molecule has 3 atom stereocenters. The largest absolute Gasteiger partial charge is 0.465 e. The maximum absolute atomic E-state index is 13.0. The summed E-state index contributed by atoms with van der Waals surface area (Å²) in [7, 11) is 1.42. The van der Waals surface area contributed by atoms with E-state index in [1.54, 1.807) is 26.0 Å². The molecule has 1 aliphatic heterocycles. The fourth-order valence-electron chi connectivity index (χ4n) is 4.08. The normalized spacial score (nSPS) is 23.7. The Morgan fingerprint density at radius 3 is 2.65 bits per heavy atom. The van der Waals surface area contributed by atoms with Crippen molar-refractivity contribution in [1.29, 1.82) is 0 Å². The van der Waals surface area contributed by atoms with Crippen molar-refractivity contribution in [2.75, 3.05) is 13.7 Å². The van der Waals surface area contributed by atoms with Crippen molar-refractivity contribution in [3.05, 3.63) is 12.2 Å². The van der Waals surface area contributed by atoms with E-state index in [1.165, 1.54) is 7.11 Å². The molecule has 1 fully saturated rings. The molecule has 26 heavy (non-hydrogen) atoms. The molecule has 0 aromatic carbocycles. The topological polar surface area (TPSA) is 83.9 Å². The van der Waals surface area contributed by atoms with Crippen molar-refractivity contribution in [3.63, 3.8) is 0 Å². The van der Waals surface area contributed by atoms with Gasteiger partial charge in [-0.25, -0.2) is 4.79 Å². The van der Waals surface area contributed by atoms with Crippen LogP contribution < -0.4 is 0 Å². The average molecular weight is 363 g/mol. The first-order valence-electron chi connectivity index (χ1n) is 8.95. The van der Waals surface area contributed by atoms with Crippen LogP contribution in [0.1, 0.15) is 52.9 Å². The molecule has 1 amide bonds. The number of Topliss-reactive ketones (excluding diaryl/α,β-unsaturated/α-hetero) is 2. The van der Waals surface area contributed by atoms with Crippen LogP contribution in [0.5, 0.6) is 0 Å². The quantitative estimate of drug-likeness (QED) is 0.503. The number of carbonyl (C=O) groups is 3. The number of hydrogen-bond donors (Lipinski definition) is 1. The number of hydrogen-bond acceptors (Lipinski definition) is 4. The molecule has 1 saturated heterocycles. The maximum Gasteiger partial charge on any atom is 0.408 e. The molecule has 0 aromatic rings. The highest BCUT2D eigenvalue weighted by Crippen LogP contribution is 2.46. The molecule has 0 saturated carbocycles. The number of likely N-dealkylation sites (tertiary alicyclic amines) is 1. The van der Waals surface area contributed by atoms with Gasteiger partial charge in [0.2, 0.25) is 0 Å². The molecule has 1 aliphatic rings. The summed E-state index contributed by atoms with van der Waals surface area (Å²) in [6.07, 6.45) is 9.03. The lowest BCUT2D eigenvalue weighted by molar-refractivity contribution is -0.158. The number of amides is 1. The minimum Gasteiger partial charge on any atom is -0.465 e. The molecule has 1 heterocycles. The lowest BCUT2D eigenvalue weighted by Gasteiger charge is -2.50. The number of terminal acetylenes is 1. The van der Waals surface area contributed by atoms with Gasteiger partial charge in [-0.1, -0.05) is 25.5 Å². The van der Waals surface area contributed by atoms with Gasteiger partial charge in [-0.3, -0.25) is 14.5 Å². The van der Waals surface area contributed by atoms with E-state index in [0.717, 1.165) is 4.90 Å². The van der Waals surface area contributed by atoms with Crippen LogP contribution >= 0.6 is 0 Å². The summed E-state index contributed by atoms with van der Waals surface area (Å²) in [5, 5.41) is 9.72. The first kappa shape index (κ1) is 21.9. The third kappa shape index (κ3) is 3.54. The van der Waals surface area contributed by atoms with Crippen LogP contribution in [0.4, 0.5) is 4.79 Å². The zero-order chi connectivity index (χ0) is 20.0. The minimum absolute atomic E-state index is 0.0782. The Kier molecular flexibility index (Phi) is 7.58. The number of carboxylic acid groups (broad SMARTS) is 1. The van der Waals surface area contributed by atoms with E-state index in [2.05, 4.69) is 5.92 Å². The van der Waals surface area contributed by atoms with E-state index in [9.17, 15) is 19.5 Å². The number of nitrogens with zero attached hydrogens (tertiary/aromatic N) is 1. The molecule has 0 aromatic heterocycles. The van der Waals surface area contributed by atoms with Crippen molar-refractivity contribution < 1.29 is 24.2 Å². The van der Waals surface area contributed by atoms with Gasteiger partial charge in [0.25, 0.3) is 0 Å². The van der Waals surface area contributed by atoms with Crippen LogP contribution in [0.15, 0.2) is 12.2 Å². The molecule has 144 valence electrons. The van der Waals surface area contributed by atoms with Gasteiger partial charge in [0.05, 0.1) is 0 Å². The third-order valence-corrected chi connectivity index (χ3v) is 5.38. The van der Waals surface area contributed by atoms with E-state index in [1.807, 2.05) is 6.92 Å². The Morgan fingerprint density at radius 1 is 1.54 bits per heavy atom. The summed E-state index contributed by atoms with van der Waals surface area (Å²) in [4.78, 5) is 38.9. The molecular formula is C20H29NO5. The Balaban J connectivity index is 3.59. The smallest absolute Gasteiger partial charge is 0.408 e. The van der Waals surface area contributed by atoms with Crippen LogP contribution in [0.3, 0.4) is 0 Å². The highest BCUT2D eigenvalue weighted by Gasteiger charge is 2.64. The summed E-state index contributed by atoms with van der Waals surface area (Å²) in [5.41, 5.74) is -2.86. The summed E-state index contributed by atoms with van der Waals surface area (Å²) >= 11 is 0. The number of allylic oxidation sites excluding steroid dienone is 1. The van der Waals surface area contributed by atoms with Gasteiger partial charge in [-0.2, -0.15) is 0 Å². The van der Waals surface area contributed by atoms with Gasteiger partial charge in [0.1, 0.15) is 11.4 Å². The Labute approximate surface area is 155 Å². The number of methoxy groups -OCH3 is 1. The van der Waals surface area contributed by atoms with Crippen LogP contribution in [-0.4, -0.2) is 52.5 Å². The van der Waals surface area contributed by atoms with Crippen molar-refractivity contribution in [1.82, 2.24) is 4.90 Å². The molecule has 0 bridgehead atoms. The second-order valence-corrected chi connectivity index (χ2v) is 6.70. The second kappa shape index (κ2) is 9.00. The minimum atomic E-state index is -1.53. The Morgan fingerprint density at radius 2 is 2.19 bits per heavy atom. The van der Waals surface area contributed by atoms with Gasteiger partial charge in [-0.05, 0) is 20.3 Å². The molecule has 6 heteroatoms. The van der Waals surface area contributed by atoms with Gasteiger partial charge >= 0.3 is 6.09 Å². The highest BCUT2D eigenvalue weighted by atomic mass is 16.5. The van der Waals surface area contributed by atoms with Crippen LogP contribution in [0, 0.1) is 18.3 Å². The Hall–Kier alpha value is -2.13. The number of carbonyl (C=O) groups excluding carboxylic acids is 2. The van der Waals surface area contributed by atoms with E-state index >= 15 is 0 Å². The van der Waals surface area contributed by atoms with Crippen molar-refractivity contribution >= 4 is 17.7 Å². The molecule has 1 N–H and O–H groups in total. The van der Waals surface area contributed by atoms with Crippen molar-refractivity contribution in [3.8, 4) is 12.3 Å². The lowest BCUT2D eigenvalue weighted by Crippen LogP contribution is -2.68. The zero-order valence-electron chi connectivity index (χ0n) is 16.1. The van der Waals surface area contributed by atoms with Crippen molar-refractivity contribution in [2.24, 2.45) is 5.92 Å². The summed E-state index contributed by atoms with van der Waals surface area (Å²) in [6, 6.07) is 0. The summed E-state index contributed by atoms with van der Waals surface area (Å²) in [5.74, 6) is 1.45. The monoisotopic (exact) mass is 363 g/mol. The SMILES string of the molecule is C#CCCC(=O)[C@@H](CCC)C(C)(OC)[C@]1(/C=C\C)C(=O)CCN1C(=O)O. The molecular weight excluding hydrogens is 334 g/mol. The first-order chi connectivity index (χ1) is 12.3. The Bertz CT molecular complexity index is 620. The van der Waals surface area contributed by atoms with E-state index in [4.69, 9.17) is 11.2 Å². The number of ketones is 2. The molecule has 1 unspecified atom stereocenters. The van der Waals surface area contributed by atoms with Gasteiger partial charge in [-0.15, -0.1) is 12.3 Å². The van der Waals surface area contributed by atoms with E-state index in [0.29, 0.717) is 19.3 Å². The van der Waals surface area contributed by atoms with E-state index < -0.39 is 23.2 Å². The number of rotatable bonds is 9. The molecule has 6 nitrogen and oxygen atoms in total. The average Bonchev–Trinajstić information content (AvgIpc) is 2.95. The molecule has 1 rings (SSSR count). The van der Waals surface area contributed by atoms with Crippen LogP contribution in [0.25, 0.3) is 0 Å². The third-order valence-electron chi connectivity index (χ3n) is 5.38. The predicted molar refractivity (Wildman–Crippen MR) is 98.8 cm³/mol. The fraction of sp³-hybridized carbons (Fsp3) is 0.650. The predicted octanol–water partition coefficient (Wildman–Crippen LogP) is 3.06. The number of ether oxygens (including phenoxy) is 1. The van der Waals surface area contributed by atoms with Gasteiger partial charge in [0.15, 0.2) is 11.3 Å². The lowest BCUT2D eigenvalue weighted by atomic mass is 9.66. The summed E-state index contributed by atoms with van der Waals surface area (Å²) < 4.78 is 5.79. The molecule has 0 spiro atoms. The second-order valence-electron chi connectivity index (χ2n) is 6.70.